The minimum absolute atomic E-state index is 0.107. The smallest absolute Gasteiger partial charge is 0.261 e. The molecule has 1 atom stereocenters. The van der Waals surface area contributed by atoms with E-state index in [4.69, 9.17) is 4.74 Å². The number of nitrogens with zero attached hydrogens (tertiary/aromatic N) is 1. The van der Waals surface area contributed by atoms with Gasteiger partial charge in [0.15, 0.2) is 6.61 Å². The first-order valence-electron chi connectivity index (χ1n) is 8.38. The van der Waals surface area contributed by atoms with Crippen molar-refractivity contribution in [3.05, 3.63) is 66.2 Å². The van der Waals surface area contributed by atoms with Gasteiger partial charge in [-0.05, 0) is 24.1 Å². The molecular weight excluding hydrogens is 316 g/mol. The van der Waals surface area contributed by atoms with E-state index < -0.39 is 6.04 Å². The minimum Gasteiger partial charge on any atom is -0.484 e. The maximum Gasteiger partial charge on any atom is 0.261 e. The Balaban J connectivity index is 2.14. The van der Waals surface area contributed by atoms with Crippen LogP contribution in [0.5, 0.6) is 5.75 Å². The molecular formula is C20H24N2O3. The SMILES string of the molecule is CCC(C(=O)NC)N(Cc1ccccc1)C(=O)COc1ccccc1. The highest BCUT2D eigenvalue weighted by atomic mass is 16.5. The number of nitrogens with one attached hydrogen (secondary N) is 1. The van der Waals surface area contributed by atoms with Crippen molar-refractivity contribution >= 4 is 11.8 Å². The van der Waals surface area contributed by atoms with E-state index in [9.17, 15) is 9.59 Å². The predicted molar refractivity (Wildman–Crippen MR) is 97.1 cm³/mol. The first-order chi connectivity index (χ1) is 12.2. The summed E-state index contributed by atoms with van der Waals surface area (Å²) in [5.41, 5.74) is 0.970. The van der Waals surface area contributed by atoms with E-state index in [1.54, 1.807) is 24.1 Å². The van der Waals surface area contributed by atoms with Gasteiger partial charge < -0.3 is 15.0 Å². The van der Waals surface area contributed by atoms with Crippen LogP contribution in [0.25, 0.3) is 0 Å². The lowest BCUT2D eigenvalue weighted by Gasteiger charge is -2.30. The number of likely N-dealkylation sites (N-methyl/N-ethyl adjacent to an activating group) is 1. The van der Waals surface area contributed by atoms with Gasteiger partial charge in [-0.2, -0.15) is 0 Å². The Morgan fingerprint density at radius 2 is 1.64 bits per heavy atom. The zero-order valence-corrected chi connectivity index (χ0v) is 14.6. The second-order valence-electron chi connectivity index (χ2n) is 5.65. The third-order valence-electron chi connectivity index (χ3n) is 3.93. The summed E-state index contributed by atoms with van der Waals surface area (Å²) in [6.07, 6.45) is 0.531. The van der Waals surface area contributed by atoms with E-state index in [2.05, 4.69) is 5.32 Å². The van der Waals surface area contributed by atoms with E-state index in [1.807, 2.05) is 55.5 Å². The molecule has 0 aromatic heterocycles. The molecule has 0 fully saturated rings. The van der Waals surface area contributed by atoms with Gasteiger partial charge in [-0.15, -0.1) is 0 Å². The molecule has 5 nitrogen and oxygen atoms in total. The van der Waals surface area contributed by atoms with Crippen LogP contribution >= 0.6 is 0 Å². The van der Waals surface area contributed by atoms with Gasteiger partial charge in [0.25, 0.3) is 5.91 Å². The van der Waals surface area contributed by atoms with Gasteiger partial charge in [0, 0.05) is 13.6 Å². The van der Waals surface area contributed by atoms with Gasteiger partial charge in [-0.1, -0.05) is 55.5 Å². The largest absolute Gasteiger partial charge is 0.484 e. The van der Waals surface area contributed by atoms with Crippen LogP contribution in [-0.4, -0.2) is 36.4 Å². The van der Waals surface area contributed by atoms with Gasteiger partial charge >= 0.3 is 0 Å². The Hall–Kier alpha value is -2.82. The van der Waals surface area contributed by atoms with Gasteiger partial charge in [-0.3, -0.25) is 9.59 Å². The van der Waals surface area contributed by atoms with Crippen molar-refractivity contribution in [2.75, 3.05) is 13.7 Å². The second-order valence-corrected chi connectivity index (χ2v) is 5.65. The molecule has 0 saturated carbocycles. The average molecular weight is 340 g/mol. The third kappa shape index (κ3) is 5.35. The minimum atomic E-state index is -0.530. The first-order valence-corrected chi connectivity index (χ1v) is 8.38. The molecule has 0 heterocycles. The molecule has 2 aromatic rings. The number of carbonyl (C=O) groups excluding carboxylic acids is 2. The van der Waals surface area contributed by atoms with Crippen molar-refractivity contribution in [3.8, 4) is 5.75 Å². The lowest BCUT2D eigenvalue weighted by molar-refractivity contribution is -0.142. The molecule has 25 heavy (non-hydrogen) atoms. The Morgan fingerprint density at radius 3 is 2.20 bits per heavy atom. The number of hydrogen-bond donors (Lipinski definition) is 1. The Morgan fingerprint density at radius 1 is 1.04 bits per heavy atom. The molecule has 0 spiro atoms. The van der Waals surface area contributed by atoms with Crippen molar-refractivity contribution in [2.24, 2.45) is 0 Å². The average Bonchev–Trinajstić information content (AvgIpc) is 2.67. The van der Waals surface area contributed by atoms with Gasteiger partial charge in [-0.25, -0.2) is 0 Å². The highest BCUT2D eigenvalue weighted by molar-refractivity contribution is 5.88. The third-order valence-corrected chi connectivity index (χ3v) is 3.93. The van der Waals surface area contributed by atoms with Crippen LogP contribution in [0.15, 0.2) is 60.7 Å². The van der Waals surface area contributed by atoms with Crippen LogP contribution in [-0.2, 0) is 16.1 Å². The topological polar surface area (TPSA) is 58.6 Å². The molecule has 0 saturated heterocycles. The summed E-state index contributed by atoms with van der Waals surface area (Å²) in [5, 5.41) is 2.64. The fourth-order valence-electron chi connectivity index (χ4n) is 2.61. The van der Waals surface area contributed by atoms with Gasteiger partial charge in [0.2, 0.25) is 5.91 Å². The van der Waals surface area contributed by atoms with Crippen molar-refractivity contribution < 1.29 is 14.3 Å². The molecule has 2 rings (SSSR count). The van der Waals surface area contributed by atoms with Crippen molar-refractivity contribution in [1.29, 1.82) is 0 Å². The lowest BCUT2D eigenvalue weighted by Crippen LogP contribution is -2.49. The molecule has 5 heteroatoms. The van der Waals surface area contributed by atoms with Crippen molar-refractivity contribution in [1.82, 2.24) is 10.2 Å². The summed E-state index contributed by atoms with van der Waals surface area (Å²) in [5.74, 6) is 0.234. The summed E-state index contributed by atoms with van der Waals surface area (Å²) >= 11 is 0. The monoisotopic (exact) mass is 340 g/mol. The number of rotatable bonds is 8. The standard InChI is InChI=1S/C20H24N2O3/c1-3-18(20(24)21-2)22(14-16-10-6-4-7-11-16)19(23)15-25-17-12-8-5-9-13-17/h4-13,18H,3,14-15H2,1-2H3,(H,21,24). The summed E-state index contributed by atoms with van der Waals surface area (Å²) in [6, 6.07) is 18.3. The molecule has 0 bridgehead atoms. The van der Waals surface area contributed by atoms with Crippen LogP contribution in [0, 0.1) is 0 Å². The quantitative estimate of drug-likeness (QED) is 0.804. The molecule has 132 valence electrons. The zero-order chi connectivity index (χ0) is 18.1. The predicted octanol–water partition coefficient (Wildman–Crippen LogP) is 2.62. The van der Waals surface area contributed by atoms with E-state index >= 15 is 0 Å². The van der Waals surface area contributed by atoms with E-state index in [-0.39, 0.29) is 18.4 Å². The van der Waals surface area contributed by atoms with Crippen LogP contribution in [0.4, 0.5) is 0 Å². The molecule has 0 aliphatic carbocycles. The zero-order valence-electron chi connectivity index (χ0n) is 14.6. The Kier molecular flexibility index (Phi) is 7.01. The Bertz CT molecular complexity index is 674. The number of benzene rings is 2. The van der Waals surface area contributed by atoms with E-state index in [1.165, 1.54) is 0 Å². The fraction of sp³-hybridized carbons (Fsp3) is 0.300. The lowest BCUT2D eigenvalue weighted by atomic mass is 10.1. The van der Waals surface area contributed by atoms with Crippen LogP contribution < -0.4 is 10.1 Å². The molecule has 0 aliphatic rings. The second kappa shape index (κ2) is 9.47. The van der Waals surface area contributed by atoms with Gasteiger partial charge in [0.1, 0.15) is 11.8 Å². The summed E-state index contributed by atoms with van der Waals surface area (Å²) in [6.45, 7) is 2.15. The van der Waals surface area contributed by atoms with Crippen LogP contribution in [0.1, 0.15) is 18.9 Å². The number of carbonyl (C=O) groups is 2. The summed E-state index contributed by atoms with van der Waals surface area (Å²) in [7, 11) is 1.58. The van der Waals surface area contributed by atoms with E-state index in [0.29, 0.717) is 18.7 Å². The number of hydrogen-bond acceptors (Lipinski definition) is 3. The fourth-order valence-corrected chi connectivity index (χ4v) is 2.61. The highest BCUT2D eigenvalue weighted by Gasteiger charge is 2.28. The summed E-state index contributed by atoms with van der Waals surface area (Å²) in [4.78, 5) is 26.6. The maximum absolute atomic E-state index is 12.8. The highest BCUT2D eigenvalue weighted by Crippen LogP contribution is 2.14. The van der Waals surface area contributed by atoms with E-state index in [0.717, 1.165) is 5.56 Å². The van der Waals surface area contributed by atoms with Gasteiger partial charge in [0.05, 0.1) is 0 Å². The molecule has 1 unspecified atom stereocenters. The Labute approximate surface area is 148 Å². The number of amides is 2. The summed E-state index contributed by atoms with van der Waals surface area (Å²) < 4.78 is 5.57. The van der Waals surface area contributed by atoms with Crippen LogP contribution in [0.3, 0.4) is 0 Å². The van der Waals surface area contributed by atoms with Crippen molar-refractivity contribution in [3.63, 3.8) is 0 Å². The normalized spacial score (nSPS) is 11.4. The molecule has 0 radical (unpaired) electrons. The maximum atomic E-state index is 12.8. The number of para-hydroxylation sites is 1. The molecule has 2 amide bonds. The molecule has 2 aromatic carbocycles. The number of ether oxygens (including phenoxy) is 1. The van der Waals surface area contributed by atoms with Crippen molar-refractivity contribution in [2.45, 2.75) is 25.9 Å². The van der Waals surface area contributed by atoms with Crippen LogP contribution in [0.2, 0.25) is 0 Å². The first kappa shape index (κ1) is 18.5. The molecule has 0 aliphatic heterocycles. The molecule has 1 N–H and O–H groups in total.